The van der Waals surface area contributed by atoms with Crippen LogP contribution in [0.25, 0.3) is 0 Å². The van der Waals surface area contributed by atoms with Crippen molar-refractivity contribution in [3.05, 3.63) is 28.7 Å². The van der Waals surface area contributed by atoms with Gasteiger partial charge >= 0.3 is 0 Å². The van der Waals surface area contributed by atoms with Crippen LogP contribution in [0.4, 0.5) is 0 Å². The minimum Gasteiger partial charge on any atom is -0.482 e. The van der Waals surface area contributed by atoms with Crippen LogP contribution in [0.5, 0.6) is 5.75 Å². The smallest absolute Gasteiger partial charge is 0.262 e. The molecule has 4 heteroatoms. The average Bonchev–Trinajstić information content (AvgIpc) is 2.08. The first kappa shape index (κ1) is 10.5. The van der Waals surface area contributed by atoms with Gasteiger partial charge in [0.15, 0.2) is 6.10 Å². The van der Waals surface area contributed by atoms with Gasteiger partial charge in [0.1, 0.15) is 5.75 Å². The van der Waals surface area contributed by atoms with Crippen LogP contribution >= 0.6 is 27.5 Å². The molecular formula is C9H8BrClO2. The summed E-state index contributed by atoms with van der Waals surface area (Å²) in [4.78, 5) is 10.6. The number of carbonyl (C=O) groups is 1. The molecule has 0 aliphatic heterocycles. The van der Waals surface area contributed by atoms with Gasteiger partial charge in [-0.05, 0) is 42.8 Å². The summed E-state index contributed by atoms with van der Waals surface area (Å²) in [5.41, 5.74) is 0. The van der Waals surface area contributed by atoms with Crippen LogP contribution < -0.4 is 4.74 Å². The van der Waals surface area contributed by atoms with Crippen LogP contribution in [-0.4, -0.2) is 11.3 Å². The molecule has 0 unspecified atom stereocenters. The van der Waals surface area contributed by atoms with Crippen LogP contribution in [-0.2, 0) is 4.79 Å². The van der Waals surface area contributed by atoms with Crippen molar-refractivity contribution >= 4 is 32.8 Å². The third kappa shape index (κ3) is 3.36. The van der Waals surface area contributed by atoms with Gasteiger partial charge < -0.3 is 4.74 Å². The molecule has 1 atom stereocenters. The lowest BCUT2D eigenvalue weighted by molar-refractivity contribution is -0.117. The molecule has 1 aromatic rings. The molecule has 0 saturated heterocycles. The maximum Gasteiger partial charge on any atom is 0.262 e. The maximum atomic E-state index is 10.6. The number of hydrogen-bond acceptors (Lipinski definition) is 2. The van der Waals surface area contributed by atoms with Crippen molar-refractivity contribution < 1.29 is 9.53 Å². The Morgan fingerprint density at radius 1 is 1.46 bits per heavy atom. The van der Waals surface area contributed by atoms with Gasteiger partial charge in [0.25, 0.3) is 5.24 Å². The van der Waals surface area contributed by atoms with E-state index >= 15 is 0 Å². The second kappa shape index (κ2) is 4.63. The van der Waals surface area contributed by atoms with E-state index in [0.29, 0.717) is 5.75 Å². The predicted octanol–water partition coefficient (Wildman–Crippen LogP) is 2.98. The monoisotopic (exact) mass is 262 g/mol. The molecule has 0 bridgehead atoms. The van der Waals surface area contributed by atoms with Gasteiger partial charge in [-0.2, -0.15) is 0 Å². The van der Waals surface area contributed by atoms with Crippen molar-refractivity contribution in [1.29, 1.82) is 0 Å². The third-order valence-electron chi connectivity index (χ3n) is 1.45. The zero-order valence-electron chi connectivity index (χ0n) is 6.96. The quantitative estimate of drug-likeness (QED) is 0.784. The molecule has 0 radical (unpaired) electrons. The van der Waals surface area contributed by atoms with Gasteiger partial charge in [0.05, 0.1) is 0 Å². The van der Waals surface area contributed by atoms with E-state index in [0.717, 1.165) is 4.47 Å². The molecule has 0 saturated carbocycles. The summed E-state index contributed by atoms with van der Waals surface area (Å²) in [6, 6.07) is 7.20. The van der Waals surface area contributed by atoms with E-state index in [1.807, 2.05) is 12.1 Å². The van der Waals surface area contributed by atoms with Gasteiger partial charge in [0, 0.05) is 4.47 Å². The third-order valence-corrected chi connectivity index (χ3v) is 2.28. The summed E-state index contributed by atoms with van der Waals surface area (Å²) >= 11 is 8.53. The summed E-state index contributed by atoms with van der Waals surface area (Å²) in [5, 5.41) is -0.497. The largest absolute Gasteiger partial charge is 0.482 e. The Labute approximate surface area is 90.0 Å². The number of rotatable bonds is 3. The minimum atomic E-state index is -0.608. The van der Waals surface area contributed by atoms with E-state index < -0.39 is 11.3 Å². The van der Waals surface area contributed by atoms with E-state index in [1.54, 1.807) is 19.1 Å². The van der Waals surface area contributed by atoms with E-state index in [-0.39, 0.29) is 0 Å². The SMILES string of the molecule is C[C@@H](Oc1ccc(Br)cc1)C(=O)Cl. The first-order valence-electron chi connectivity index (χ1n) is 3.71. The van der Waals surface area contributed by atoms with Gasteiger partial charge in [-0.25, -0.2) is 0 Å². The Hall–Kier alpha value is -0.540. The molecule has 13 heavy (non-hydrogen) atoms. The van der Waals surface area contributed by atoms with Crippen molar-refractivity contribution in [2.45, 2.75) is 13.0 Å². The number of benzene rings is 1. The normalized spacial score (nSPS) is 12.2. The molecule has 0 N–H and O–H groups in total. The molecule has 0 aliphatic carbocycles. The number of hydrogen-bond donors (Lipinski definition) is 0. The highest BCUT2D eigenvalue weighted by Gasteiger charge is 2.10. The summed E-state index contributed by atoms with van der Waals surface area (Å²) in [6.45, 7) is 1.61. The average molecular weight is 264 g/mol. The molecule has 0 fully saturated rings. The molecule has 0 spiro atoms. The summed E-state index contributed by atoms with van der Waals surface area (Å²) < 4.78 is 6.19. The van der Waals surface area contributed by atoms with Gasteiger partial charge in [-0.1, -0.05) is 15.9 Å². The van der Waals surface area contributed by atoms with Crippen LogP contribution in [0, 0.1) is 0 Å². The van der Waals surface area contributed by atoms with Crippen molar-refractivity contribution in [3.8, 4) is 5.75 Å². The Morgan fingerprint density at radius 2 is 2.00 bits per heavy atom. The van der Waals surface area contributed by atoms with Crippen LogP contribution in [0.15, 0.2) is 28.7 Å². The second-order valence-electron chi connectivity index (χ2n) is 2.52. The second-order valence-corrected chi connectivity index (χ2v) is 3.81. The highest BCUT2D eigenvalue weighted by Crippen LogP contribution is 2.17. The fraction of sp³-hybridized carbons (Fsp3) is 0.222. The minimum absolute atomic E-state index is 0.497. The Kier molecular flexibility index (Phi) is 3.75. The first-order chi connectivity index (χ1) is 6.09. The van der Waals surface area contributed by atoms with E-state index in [9.17, 15) is 4.79 Å². The maximum absolute atomic E-state index is 10.6. The molecule has 2 nitrogen and oxygen atoms in total. The van der Waals surface area contributed by atoms with Crippen LogP contribution in [0.1, 0.15) is 6.92 Å². The van der Waals surface area contributed by atoms with Gasteiger partial charge in [0.2, 0.25) is 0 Å². The Morgan fingerprint density at radius 3 is 2.46 bits per heavy atom. The Bertz CT molecular complexity index is 297. The lowest BCUT2D eigenvalue weighted by Gasteiger charge is -2.09. The highest BCUT2D eigenvalue weighted by atomic mass is 79.9. The molecule has 1 rings (SSSR count). The number of ether oxygens (including phenoxy) is 1. The number of halogens is 2. The zero-order valence-corrected chi connectivity index (χ0v) is 9.30. The fourth-order valence-corrected chi connectivity index (χ4v) is 1.07. The fourth-order valence-electron chi connectivity index (χ4n) is 0.764. The molecular weight excluding hydrogens is 255 g/mol. The van der Waals surface area contributed by atoms with E-state index in [1.165, 1.54) is 0 Å². The predicted molar refractivity (Wildman–Crippen MR) is 55.1 cm³/mol. The van der Waals surface area contributed by atoms with Crippen LogP contribution in [0.2, 0.25) is 0 Å². The number of carbonyl (C=O) groups excluding carboxylic acids is 1. The standard InChI is InChI=1S/C9H8BrClO2/c1-6(9(11)12)13-8-4-2-7(10)3-5-8/h2-6H,1H3/t6-/m1/s1. The summed E-state index contributed by atoms with van der Waals surface area (Å²) in [7, 11) is 0. The molecule has 0 aliphatic rings. The Balaban J connectivity index is 2.64. The molecule has 0 heterocycles. The molecule has 70 valence electrons. The van der Waals surface area contributed by atoms with Crippen LogP contribution in [0.3, 0.4) is 0 Å². The lowest BCUT2D eigenvalue weighted by Crippen LogP contribution is -2.18. The molecule has 1 aromatic carbocycles. The molecule has 0 aromatic heterocycles. The van der Waals surface area contributed by atoms with E-state index in [4.69, 9.17) is 16.3 Å². The summed E-state index contributed by atoms with van der Waals surface area (Å²) in [6.07, 6.45) is -0.608. The first-order valence-corrected chi connectivity index (χ1v) is 4.88. The van der Waals surface area contributed by atoms with Gasteiger partial charge in [-0.3, -0.25) is 4.79 Å². The molecule has 0 amide bonds. The van der Waals surface area contributed by atoms with E-state index in [2.05, 4.69) is 15.9 Å². The lowest BCUT2D eigenvalue weighted by atomic mass is 10.3. The van der Waals surface area contributed by atoms with Crippen molar-refractivity contribution in [1.82, 2.24) is 0 Å². The highest BCUT2D eigenvalue weighted by molar-refractivity contribution is 9.10. The zero-order chi connectivity index (χ0) is 9.84. The van der Waals surface area contributed by atoms with Crippen molar-refractivity contribution in [3.63, 3.8) is 0 Å². The topological polar surface area (TPSA) is 26.3 Å². The van der Waals surface area contributed by atoms with Gasteiger partial charge in [-0.15, -0.1) is 0 Å². The van der Waals surface area contributed by atoms with Crippen molar-refractivity contribution in [2.24, 2.45) is 0 Å². The van der Waals surface area contributed by atoms with Crippen molar-refractivity contribution in [2.75, 3.05) is 0 Å². The summed E-state index contributed by atoms with van der Waals surface area (Å²) in [5.74, 6) is 0.629.